The number of carbonyl (C=O) groups is 2. The zero-order valence-electron chi connectivity index (χ0n) is 25.1. The highest BCUT2D eigenvalue weighted by Gasteiger charge is 2.49. The maximum Gasteiger partial charge on any atom is 0.301 e. The van der Waals surface area contributed by atoms with Gasteiger partial charge >= 0.3 is 5.91 Å². The first-order valence-corrected chi connectivity index (χ1v) is 15.1. The maximum absolute atomic E-state index is 13.8. The van der Waals surface area contributed by atoms with Crippen molar-refractivity contribution in [1.82, 2.24) is 14.4 Å². The van der Waals surface area contributed by atoms with Gasteiger partial charge < -0.3 is 23.7 Å². The molecule has 1 saturated heterocycles. The van der Waals surface area contributed by atoms with Crippen molar-refractivity contribution in [2.75, 3.05) is 25.7 Å². The lowest BCUT2D eigenvalue weighted by molar-refractivity contribution is -0.132. The number of anilines is 1. The van der Waals surface area contributed by atoms with E-state index in [0.717, 1.165) is 23.1 Å². The number of aryl methyl sites for hydroxylation is 2. The second-order valence-corrected chi connectivity index (χ2v) is 11.6. The zero-order valence-corrected chi connectivity index (χ0v) is 25.9. The number of fused-ring (bicyclic) bond motifs is 2. The lowest BCUT2D eigenvalue weighted by Crippen LogP contribution is -2.29. The van der Waals surface area contributed by atoms with Crippen LogP contribution in [0.3, 0.4) is 0 Å². The first kappa shape index (κ1) is 29.2. The van der Waals surface area contributed by atoms with Crippen molar-refractivity contribution >= 4 is 49.8 Å². The maximum atomic E-state index is 13.8. The number of thiazole rings is 1. The van der Waals surface area contributed by atoms with Gasteiger partial charge in [-0.15, -0.1) is 0 Å². The molecular weight excluding hydrogens is 580 g/mol. The Hall–Kier alpha value is -4.90. The molecule has 0 bridgehead atoms. The van der Waals surface area contributed by atoms with Crippen LogP contribution in [0.1, 0.15) is 48.3 Å². The monoisotopic (exact) mass is 612 g/mol. The molecule has 6 rings (SSSR count). The molecule has 1 fully saturated rings. The lowest BCUT2D eigenvalue weighted by atomic mass is 9.96. The van der Waals surface area contributed by atoms with Gasteiger partial charge in [0.15, 0.2) is 22.4 Å². The third-order valence-corrected chi connectivity index (χ3v) is 8.82. The van der Waals surface area contributed by atoms with Crippen LogP contribution < -0.4 is 19.1 Å². The van der Waals surface area contributed by atoms with Gasteiger partial charge in [-0.25, -0.2) is 9.97 Å². The summed E-state index contributed by atoms with van der Waals surface area (Å²) in [5.74, 6) is -0.367. The highest BCUT2D eigenvalue weighted by Crippen LogP contribution is 2.46. The fourth-order valence-corrected chi connectivity index (χ4v) is 6.46. The van der Waals surface area contributed by atoms with Gasteiger partial charge in [0.05, 0.1) is 48.4 Å². The fourth-order valence-electron chi connectivity index (χ4n) is 5.44. The Morgan fingerprint density at radius 2 is 1.84 bits per heavy atom. The molecule has 10 nitrogen and oxygen atoms in total. The van der Waals surface area contributed by atoms with Crippen molar-refractivity contribution < 1.29 is 28.9 Å². The van der Waals surface area contributed by atoms with Crippen LogP contribution in [0.15, 0.2) is 60.3 Å². The molecule has 0 radical (unpaired) electrons. The van der Waals surface area contributed by atoms with Crippen LogP contribution in [0.2, 0.25) is 0 Å². The van der Waals surface area contributed by atoms with Crippen LogP contribution in [-0.2, 0) is 9.59 Å². The molecule has 0 spiro atoms. The van der Waals surface area contributed by atoms with Crippen molar-refractivity contribution in [3.8, 4) is 17.2 Å². The number of ketones is 1. The van der Waals surface area contributed by atoms with Crippen molar-refractivity contribution in [3.05, 3.63) is 82.8 Å². The SMILES string of the molecule is CCCCOc1ccc(C2/C(=C(\O)c3nc4c(C)cccn4c3C)C(=O)C(=O)N2c2nc3ccc(OC)cc3s2)cc1OC. The van der Waals surface area contributed by atoms with Crippen LogP contribution in [0, 0.1) is 13.8 Å². The van der Waals surface area contributed by atoms with E-state index in [0.29, 0.717) is 51.4 Å². The summed E-state index contributed by atoms with van der Waals surface area (Å²) < 4.78 is 19.6. The van der Waals surface area contributed by atoms with E-state index in [4.69, 9.17) is 19.2 Å². The van der Waals surface area contributed by atoms with Crippen molar-refractivity contribution in [2.24, 2.45) is 0 Å². The third-order valence-electron chi connectivity index (χ3n) is 7.80. The Kier molecular flexibility index (Phi) is 7.73. The van der Waals surface area contributed by atoms with Gasteiger partial charge in [0, 0.05) is 6.20 Å². The number of unbranched alkanes of at least 4 members (excludes halogenated alkanes) is 1. The third kappa shape index (κ3) is 4.83. The number of aliphatic hydroxyl groups is 1. The molecule has 1 aliphatic heterocycles. The average Bonchev–Trinajstić information content (AvgIpc) is 3.68. The molecule has 0 aliphatic carbocycles. The standard InChI is InChI=1S/C33H32N4O6S/c1-6-7-15-43-23-13-10-20(16-24(23)42-5)28-26(29(38)27-19(3)36-14-8-9-18(2)31(36)35-27)30(39)32(40)37(28)33-34-22-12-11-21(41-4)17-25(22)44-33/h8-14,16-17,28,38H,6-7,15H2,1-5H3/b29-26+. The smallest absolute Gasteiger partial charge is 0.301 e. The van der Waals surface area contributed by atoms with E-state index in [1.807, 2.05) is 42.6 Å². The van der Waals surface area contributed by atoms with E-state index in [1.165, 1.54) is 23.3 Å². The molecule has 4 heterocycles. The Labute approximate surface area is 258 Å². The number of aliphatic hydroxyl groups excluding tert-OH is 1. The number of carbonyl (C=O) groups excluding carboxylic acids is 2. The van der Waals surface area contributed by atoms with Crippen molar-refractivity contribution in [1.29, 1.82) is 0 Å². The van der Waals surface area contributed by atoms with Gasteiger partial charge in [-0.05, 0) is 67.8 Å². The van der Waals surface area contributed by atoms with Crippen LogP contribution in [-0.4, -0.2) is 52.0 Å². The van der Waals surface area contributed by atoms with Gasteiger partial charge in [0.1, 0.15) is 17.1 Å². The molecule has 44 heavy (non-hydrogen) atoms. The Bertz CT molecular complexity index is 1960. The molecule has 0 saturated carbocycles. The normalized spacial score (nSPS) is 16.3. The quantitative estimate of drug-likeness (QED) is 0.0882. The summed E-state index contributed by atoms with van der Waals surface area (Å²) in [6.45, 7) is 6.33. The number of hydrogen-bond donors (Lipinski definition) is 1. The van der Waals surface area contributed by atoms with Gasteiger partial charge in [-0.1, -0.05) is 36.8 Å². The van der Waals surface area contributed by atoms with Gasteiger partial charge in [0.25, 0.3) is 5.78 Å². The number of Topliss-reactive ketones (excluding diaryl/α,β-unsaturated/α-hetero) is 1. The molecule has 1 amide bonds. The first-order chi connectivity index (χ1) is 21.3. The van der Waals surface area contributed by atoms with Crippen LogP contribution >= 0.6 is 11.3 Å². The van der Waals surface area contributed by atoms with Crippen molar-refractivity contribution in [2.45, 2.75) is 39.7 Å². The van der Waals surface area contributed by atoms with Crippen LogP contribution in [0.5, 0.6) is 17.2 Å². The summed E-state index contributed by atoms with van der Waals surface area (Å²) in [5, 5.41) is 12.1. The number of ether oxygens (including phenoxy) is 3. The second kappa shape index (κ2) is 11.6. The average molecular weight is 613 g/mol. The molecule has 1 atom stereocenters. The summed E-state index contributed by atoms with van der Waals surface area (Å²) in [6, 6.07) is 13.5. The lowest BCUT2D eigenvalue weighted by Gasteiger charge is -2.23. The Balaban J connectivity index is 1.56. The number of pyridine rings is 1. The number of hydrogen-bond acceptors (Lipinski definition) is 9. The number of benzene rings is 2. The van der Waals surface area contributed by atoms with E-state index in [9.17, 15) is 14.7 Å². The van der Waals surface area contributed by atoms with Crippen LogP contribution in [0.25, 0.3) is 21.6 Å². The molecule has 5 aromatic rings. The minimum absolute atomic E-state index is 0.0855. The Morgan fingerprint density at radius 3 is 2.57 bits per heavy atom. The predicted octanol–water partition coefficient (Wildman–Crippen LogP) is 6.38. The Morgan fingerprint density at radius 1 is 1.02 bits per heavy atom. The summed E-state index contributed by atoms with van der Waals surface area (Å²) in [5.41, 5.74) is 3.51. The number of aromatic nitrogens is 3. The van der Waals surface area contributed by atoms with E-state index < -0.39 is 17.7 Å². The topological polar surface area (TPSA) is 115 Å². The molecule has 11 heteroatoms. The minimum Gasteiger partial charge on any atom is -0.505 e. The number of nitrogens with zero attached hydrogens (tertiary/aromatic N) is 4. The van der Waals surface area contributed by atoms with Gasteiger partial charge in [-0.2, -0.15) is 0 Å². The number of amides is 1. The van der Waals surface area contributed by atoms with E-state index >= 15 is 0 Å². The number of methoxy groups -OCH3 is 2. The summed E-state index contributed by atoms with van der Waals surface area (Å²) in [4.78, 5) is 38.4. The number of imidazole rings is 1. The largest absolute Gasteiger partial charge is 0.505 e. The fraction of sp³-hybridized carbons (Fsp3) is 0.273. The van der Waals surface area contributed by atoms with Gasteiger partial charge in [-0.3, -0.25) is 14.5 Å². The van der Waals surface area contributed by atoms with E-state index in [-0.39, 0.29) is 17.0 Å². The molecule has 1 unspecified atom stereocenters. The van der Waals surface area contributed by atoms with E-state index in [2.05, 4.69) is 11.9 Å². The first-order valence-electron chi connectivity index (χ1n) is 14.3. The summed E-state index contributed by atoms with van der Waals surface area (Å²) >= 11 is 1.26. The second-order valence-electron chi connectivity index (χ2n) is 10.5. The molecule has 3 aromatic heterocycles. The minimum atomic E-state index is -1.01. The van der Waals surface area contributed by atoms with E-state index in [1.54, 1.807) is 37.4 Å². The molecular formula is C33H32N4O6S. The summed E-state index contributed by atoms with van der Waals surface area (Å²) in [6.07, 6.45) is 3.70. The number of rotatable bonds is 9. The van der Waals surface area contributed by atoms with Gasteiger partial charge in [0.2, 0.25) is 0 Å². The predicted molar refractivity (Wildman–Crippen MR) is 169 cm³/mol. The molecule has 2 aromatic carbocycles. The summed E-state index contributed by atoms with van der Waals surface area (Å²) in [7, 11) is 3.11. The molecule has 226 valence electrons. The highest BCUT2D eigenvalue weighted by molar-refractivity contribution is 7.22. The van der Waals surface area contributed by atoms with Crippen LogP contribution in [0.4, 0.5) is 5.13 Å². The molecule has 1 aliphatic rings. The zero-order chi connectivity index (χ0) is 31.1. The molecule has 1 N–H and O–H groups in total. The highest BCUT2D eigenvalue weighted by atomic mass is 32.1. The van der Waals surface area contributed by atoms with Crippen molar-refractivity contribution in [3.63, 3.8) is 0 Å².